The van der Waals surface area contributed by atoms with Crippen LogP contribution in [0.4, 0.5) is 10.5 Å². The van der Waals surface area contributed by atoms with E-state index in [2.05, 4.69) is 15.3 Å². The van der Waals surface area contributed by atoms with Gasteiger partial charge in [0.05, 0.1) is 19.4 Å². The van der Waals surface area contributed by atoms with Gasteiger partial charge in [0.2, 0.25) is 0 Å². The minimum Gasteiger partial charge on any atom is -0.493 e. The summed E-state index contributed by atoms with van der Waals surface area (Å²) in [6, 6.07) is 5.03. The molecule has 23 heavy (non-hydrogen) atoms. The zero-order valence-corrected chi connectivity index (χ0v) is 13.5. The number of nitriles is 1. The highest BCUT2D eigenvalue weighted by Gasteiger charge is 2.15. The van der Waals surface area contributed by atoms with E-state index in [-0.39, 0.29) is 12.7 Å². The number of carbonyl (C=O) groups is 1. The van der Waals surface area contributed by atoms with Crippen LogP contribution in [0.1, 0.15) is 19.4 Å². The molecule has 0 saturated heterocycles. The van der Waals surface area contributed by atoms with Crippen LogP contribution in [0.15, 0.2) is 17.3 Å². The number of carbonyl (C=O) groups excluding carboxylic acids is 1. The molecule has 0 saturated carbocycles. The highest BCUT2D eigenvalue weighted by atomic mass is 16.6. The molecule has 0 aliphatic rings. The van der Waals surface area contributed by atoms with Crippen molar-refractivity contribution < 1.29 is 23.8 Å². The van der Waals surface area contributed by atoms with E-state index in [9.17, 15) is 4.79 Å². The summed E-state index contributed by atoms with van der Waals surface area (Å²) in [6.45, 7) is 3.33. The molecule has 124 valence electrons. The largest absolute Gasteiger partial charge is 0.493 e. The minimum absolute atomic E-state index is 0.160. The summed E-state index contributed by atoms with van der Waals surface area (Å²) in [4.78, 5) is 16.3. The van der Waals surface area contributed by atoms with Crippen molar-refractivity contribution in [3.63, 3.8) is 0 Å². The lowest BCUT2D eigenvalue weighted by Crippen LogP contribution is -2.18. The average molecular weight is 321 g/mol. The molecule has 0 aliphatic heterocycles. The molecule has 0 spiro atoms. The average Bonchev–Trinajstić information content (AvgIpc) is 2.50. The highest BCUT2D eigenvalue weighted by Crippen LogP contribution is 2.34. The Kier molecular flexibility index (Phi) is 7.20. The molecule has 8 heteroatoms. The molecule has 1 aromatic carbocycles. The monoisotopic (exact) mass is 321 g/mol. The second-order valence-electron chi connectivity index (χ2n) is 4.54. The third-order valence-corrected chi connectivity index (χ3v) is 2.47. The topological polar surface area (TPSA) is 102 Å². The van der Waals surface area contributed by atoms with Crippen molar-refractivity contribution >= 4 is 18.0 Å². The van der Waals surface area contributed by atoms with Crippen LogP contribution >= 0.6 is 0 Å². The quantitative estimate of drug-likeness (QED) is 0.611. The lowest BCUT2D eigenvalue weighted by molar-refractivity contribution is 0.130. The number of ether oxygens (including phenoxy) is 3. The molecule has 8 nitrogen and oxygen atoms in total. The van der Waals surface area contributed by atoms with Gasteiger partial charge in [0.1, 0.15) is 13.2 Å². The van der Waals surface area contributed by atoms with Gasteiger partial charge in [0.15, 0.2) is 18.1 Å². The van der Waals surface area contributed by atoms with Crippen molar-refractivity contribution in [1.29, 1.82) is 5.26 Å². The van der Waals surface area contributed by atoms with Gasteiger partial charge in [-0.05, 0) is 19.9 Å². The standard InChI is InChI=1S/C15H19N3O5/c1-10(2)23-15(19)18-12-7-11(9-17-21-4)14(22-6-5-16)13(8-12)20-3/h7-10H,6H2,1-4H3,(H,18,19)/b17-9+. The number of amides is 1. The number of nitrogens with one attached hydrogen (secondary N) is 1. The summed E-state index contributed by atoms with van der Waals surface area (Å²) >= 11 is 0. The van der Waals surface area contributed by atoms with Gasteiger partial charge in [0.25, 0.3) is 0 Å². The number of benzene rings is 1. The highest BCUT2D eigenvalue weighted by molar-refractivity contribution is 5.91. The number of rotatable bonds is 7. The summed E-state index contributed by atoms with van der Waals surface area (Å²) in [5, 5.41) is 14.9. The lowest BCUT2D eigenvalue weighted by atomic mass is 10.1. The smallest absolute Gasteiger partial charge is 0.411 e. The maximum Gasteiger partial charge on any atom is 0.411 e. The van der Waals surface area contributed by atoms with E-state index >= 15 is 0 Å². The molecule has 1 aromatic rings. The molecule has 1 N–H and O–H groups in total. The number of nitrogens with zero attached hydrogens (tertiary/aromatic N) is 2. The molecule has 0 radical (unpaired) electrons. The Hall–Kier alpha value is -2.95. The van der Waals surface area contributed by atoms with E-state index < -0.39 is 6.09 Å². The number of hydrogen-bond acceptors (Lipinski definition) is 7. The summed E-state index contributed by atoms with van der Waals surface area (Å²) in [7, 11) is 2.84. The molecule has 1 rings (SSSR count). The van der Waals surface area contributed by atoms with Crippen LogP contribution in [-0.2, 0) is 9.57 Å². The summed E-state index contributed by atoms with van der Waals surface area (Å²) in [6.07, 6.45) is 0.542. The van der Waals surface area contributed by atoms with Crippen LogP contribution in [-0.4, -0.2) is 39.2 Å². The van der Waals surface area contributed by atoms with E-state index in [4.69, 9.17) is 19.5 Å². The van der Waals surface area contributed by atoms with Crippen LogP contribution in [0.3, 0.4) is 0 Å². The first-order chi connectivity index (χ1) is 11.0. The van der Waals surface area contributed by atoms with E-state index in [1.807, 2.05) is 6.07 Å². The molecule has 1 amide bonds. The molecule has 0 aliphatic carbocycles. The molecule has 0 atom stereocenters. The fraction of sp³-hybridized carbons (Fsp3) is 0.400. The molecule has 0 heterocycles. The summed E-state index contributed by atoms with van der Waals surface area (Å²) < 4.78 is 15.6. The van der Waals surface area contributed by atoms with Crippen LogP contribution in [0.5, 0.6) is 11.5 Å². The maximum atomic E-state index is 11.7. The number of methoxy groups -OCH3 is 1. The normalized spacial score (nSPS) is 10.3. The Morgan fingerprint density at radius 2 is 2.17 bits per heavy atom. The number of hydrogen-bond donors (Lipinski definition) is 1. The fourth-order valence-corrected chi connectivity index (χ4v) is 1.67. The predicted molar refractivity (Wildman–Crippen MR) is 83.9 cm³/mol. The third-order valence-electron chi connectivity index (χ3n) is 2.47. The molecule has 0 aromatic heterocycles. The van der Waals surface area contributed by atoms with E-state index in [1.54, 1.807) is 26.0 Å². The van der Waals surface area contributed by atoms with Crippen LogP contribution in [0, 0.1) is 11.3 Å². The van der Waals surface area contributed by atoms with Crippen molar-refractivity contribution in [3.8, 4) is 17.6 Å². The maximum absolute atomic E-state index is 11.7. The minimum atomic E-state index is -0.595. The zero-order chi connectivity index (χ0) is 17.2. The van der Waals surface area contributed by atoms with Gasteiger partial charge >= 0.3 is 6.09 Å². The van der Waals surface area contributed by atoms with Crippen molar-refractivity contribution in [1.82, 2.24) is 0 Å². The Bertz CT molecular complexity index is 608. The Morgan fingerprint density at radius 3 is 2.74 bits per heavy atom. The molecular weight excluding hydrogens is 302 g/mol. The van der Waals surface area contributed by atoms with Crippen molar-refractivity contribution in [3.05, 3.63) is 17.7 Å². The SMILES string of the molecule is CO/N=C/c1cc(NC(=O)OC(C)C)cc(OC)c1OCC#N. The Balaban J connectivity index is 3.16. The van der Waals surface area contributed by atoms with E-state index in [0.29, 0.717) is 22.7 Å². The fourth-order valence-electron chi connectivity index (χ4n) is 1.67. The van der Waals surface area contributed by atoms with Gasteiger partial charge in [-0.15, -0.1) is 0 Å². The lowest BCUT2D eigenvalue weighted by Gasteiger charge is -2.15. The van der Waals surface area contributed by atoms with Crippen LogP contribution in [0.2, 0.25) is 0 Å². The third kappa shape index (κ3) is 5.74. The first-order valence-corrected chi connectivity index (χ1v) is 6.77. The second-order valence-corrected chi connectivity index (χ2v) is 4.54. The number of anilines is 1. The summed E-state index contributed by atoms with van der Waals surface area (Å²) in [5.74, 6) is 0.651. The molecule has 0 unspecified atom stereocenters. The van der Waals surface area contributed by atoms with Gasteiger partial charge in [-0.25, -0.2) is 4.79 Å². The summed E-state index contributed by atoms with van der Waals surface area (Å²) in [5.41, 5.74) is 0.899. The van der Waals surface area contributed by atoms with Gasteiger partial charge in [-0.3, -0.25) is 5.32 Å². The van der Waals surface area contributed by atoms with Crippen molar-refractivity contribution in [2.45, 2.75) is 20.0 Å². The molecule has 0 bridgehead atoms. The van der Waals surface area contributed by atoms with E-state index in [0.717, 1.165) is 0 Å². The number of oxime groups is 1. The van der Waals surface area contributed by atoms with Gasteiger partial charge in [0, 0.05) is 17.3 Å². The Morgan fingerprint density at radius 1 is 1.43 bits per heavy atom. The predicted octanol–water partition coefficient (Wildman–Crippen LogP) is 2.53. The van der Waals surface area contributed by atoms with Gasteiger partial charge < -0.3 is 19.0 Å². The zero-order valence-electron chi connectivity index (χ0n) is 13.5. The van der Waals surface area contributed by atoms with Crippen molar-refractivity contribution in [2.75, 3.05) is 26.1 Å². The van der Waals surface area contributed by atoms with Crippen LogP contribution in [0.25, 0.3) is 0 Å². The van der Waals surface area contributed by atoms with Gasteiger partial charge in [-0.2, -0.15) is 5.26 Å². The molecule has 0 fully saturated rings. The van der Waals surface area contributed by atoms with Gasteiger partial charge in [-0.1, -0.05) is 5.16 Å². The van der Waals surface area contributed by atoms with E-state index in [1.165, 1.54) is 20.4 Å². The first kappa shape index (κ1) is 18.1. The van der Waals surface area contributed by atoms with Crippen LogP contribution < -0.4 is 14.8 Å². The second kappa shape index (κ2) is 9.15. The molecular formula is C15H19N3O5. The van der Waals surface area contributed by atoms with Crippen molar-refractivity contribution in [2.24, 2.45) is 5.16 Å². The Labute approximate surface area is 134 Å². The first-order valence-electron chi connectivity index (χ1n) is 6.77.